The number of hydrogen-bond donors (Lipinski definition) is 2. The number of carbonyl (C=O) groups excluding carboxylic acids is 2. The van der Waals surface area contributed by atoms with Crippen molar-refractivity contribution in [2.75, 3.05) is 19.4 Å². The van der Waals surface area contributed by atoms with Crippen LogP contribution in [-0.4, -0.2) is 58.3 Å². The molecule has 0 spiro atoms. The zero-order chi connectivity index (χ0) is 25.2. The van der Waals surface area contributed by atoms with Gasteiger partial charge in [-0.1, -0.05) is 54.6 Å². The number of aliphatic carboxylic acids is 1. The lowest BCUT2D eigenvalue weighted by Crippen LogP contribution is -2.31. The zero-order valence-electron chi connectivity index (χ0n) is 19.7. The van der Waals surface area contributed by atoms with Gasteiger partial charge in [-0.05, 0) is 22.8 Å². The Morgan fingerprint density at radius 3 is 2.43 bits per heavy atom. The van der Waals surface area contributed by atoms with Gasteiger partial charge in [-0.3, -0.25) is 14.6 Å². The van der Waals surface area contributed by atoms with Crippen LogP contribution in [0.1, 0.15) is 11.1 Å². The van der Waals surface area contributed by atoms with Crippen LogP contribution < -0.4 is 5.32 Å². The molecule has 3 aromatic rings. The quantitative estimate of drug-likeness (QED) is 0.328. The van der Waals surface area contributed by atoms with Crippen molar-refractivity contribution in [2.45, 2.75) is 19.0 Å². The van der Waals surface area contributed by atoms with Gasteiger partial charge in [0.25, 0.3) is 0 Å². The van der Waals surface area contributed by atoms with Crippen LogP contribution in [0.2, 0.25) is 0 Å². The van der Waals surface area contributed by atoms with E-state index in [-0.39, 0.29) is 18.9 Å². The summed E-state index contributed by atoms with van der Waals surface area (Å²) >= 11 is 0. The molecule has 1 heterocycles. The van der Waals surface area contributed by atoms with Crippen molar-refractivity contribution < 1.29 is 19.5 Å². The molecule has 2 amide bonds. The molecule has 180 valence electrons. The fraction of sp³-hybridized carbons (Fsp3) is 0.185. The Balaban J connectivity index is 1.71. The van der Waals surface area contributed by atoms with Crippen LogP contribution in [0.15, 0.2) is 85.3 Å². The molecule has 0 saturated carbocycles. The van der Waals surface area contributed by atoms with E-state index in [1.54, 1.807) is 26.5 Å². The predicted octanol–water partition coefficient (Wildman–Crippen LogP) is 3.42. The SMILES string of the molecule is CN(C)C(=O)/C=C\N(C=O)Cc1cccc(CC(Nc2cncc(-c3ccccc3)c2)C(=O)O)c1. The summed E-state index contributed by atoms with van der Waals surface area (Å²) in [6.45, 7) is 0.253. The number of carboxylic acid groups (broad SMARTS) is 1. The van der Waals surface area contributed by atoms with Gasteiger partial charge in [-0.2, -0.15) is 0 Å². The summed E-state index contributed by atoms with van der Waals surface area (Å²) in [6.07, 6.45) is 6.95. The number of pyridine rings is 1. The van der Waals surface area contributed by atoms with Gasteiger partial charge in [-0.15, -0.1) is 0 Å². The van der Waals surface area contributed by atoms with E-state index < -0.39 is 12.0 Å². The molecule has 8 nitrogen and oxygen atoms in total. The molecule has 1 atom stereocenters. The molecule has 0 bridgehead atoms. The van der Waals surface area contributed by atoms with Gasteiger partial charge in [-0.25, -0.2) is 4.79 Å². The predicted molar refractivity (Wildman–Crippen MR) is 134 cm³/mol. The molecule has 0 saturated heterocycles. The number of benzene rings is 2. The van der Waals surface area contributed by atoms with Gasteiger partial charge >= 0.3 is 5.97 Å². The third-order valence-corrected chi connectivity index (χ3v) is 5.27. The van der Waals surface area contributed by atoms with Gasteiger partial charge in [0.05, 0.1) is 5.69 Å². The first-order valence-corrected chi connectivity index (χ1v) is 11.0. The molecule has 0 aliphatic carbocycles. The largest absolute Gasteiger partial charge is 0.480 e. The maximum atomic E-state index is 12.0. The van der Waals surface area contributed by atoms with Crippen molar-refractivity contribution in [1.29, 1.82) is 0 Å². The number of hydrogen-bond acceptors (Lipinski definition) is 5. The Bertz CT molecular complexity index is 1190. The molecule has 1 aromatic heterocycles. The number of carboxylic acids is 1. The van der Waals surface area contributed by atoms with Gasteiger partial charge < -0.3 is 20.2 Å². The standard InChI is InChI=1S/C27H28N4O4/c1-30(2)26(33)11-12-31(19-32)18-21-8-6-7-20(13-21)14-25(27(34)35)29-24-15-23(16-28-17-24)22-9-4-3-5-10-22/h3-13,15-17,19,25,29H,14,18H2,1-2H3,(H,34,35)/b12-11-. The minimum Gasteiger partial charge on any atom is -0.480 e. The Morgan fingerprint density at radius 2 is 1.74 bits per heavy atom. The van der Waals surface area contributed by atoms with E-state index in [1.165, 1.54) is 22.1 Å². The minimum atomic E-state index is -0.986. The second kappa shape index (κ2) is 12.1. The van der Waals surface area contributed by atoms with Crippen molar-refractivity contribution in [1.82, 2.24) is 14.8 Å². The summed E-state index contributed by atoms with van der Waals surface area (Å²) in [6, 6.07) is 18.1. The van der Waals surface area contributed by atoms with Crippen molar-refractivity contribution in [3.63, 3.8) is 0 Å². The third-order valence-electron chi connectivity index (χ3n) is 5.27. The second-order valence-electron chi connectivity index (χ2n) is 8.21. The van der Waals surface area contributed by atoms with Gasteiger partial charge in [0.15, 0.2) is 0 Å². The first kappa shape index (κ1) is 25.2. The van der Waals surface area contributed by atoms with Crippen molar-refractivity contribution in [3.8, 4) is 11.1 Å². The van der Waals surface area contributed by atoms with E-state index in [0.29, 0.717) is 12.1 Å². The maximum Gasteiger partial charge on any atom is 0.326 e. The van der Waals surface area contributed by atoms with Crippen LogP contribution in [0.4, 0.5) is 5.69 Å². The van der Waals surface area contributed by atoms with E-state index in [0.717, 1.165) is 22.3 Å². The zero-order valence-corrected chi connectivity index (χ0v) is 19.7. The summed E-state index contributed by atoms with van der Waals surface area (Å²) in [5.74, 6) is -1.22. The summed E-state index contributed by atoms with van der Waals surface area (Å²) in [5.41, 5.74) is 4.10. The Morgan fingerprint density at radius 1 is 1.00 bits per heavy atom. The van der Waals surface area contributed by atoms with Crippen molar-refractivity contribution in [3.05, 3.63) is 96.5 Å². The van der Waals surface area contributed by atoms with Crippen LogP contribution in [0, 0.1) is 0 Å². The normalized spacial score (nSPS) is 11.6. The molecule has 0 radical (unpaired) electrons. The Hall–Kier alpha value is -4.46. The van der Waals surface area contributed by atoms with E-state index in [4.69, 9.17) is 0 Å². The van der Waals surface area contributed by atoms with Crippen LogP contribution in [0.25, 0.3) is 11.1 Å². The molecule has 8 heteroatoms. The average Bonchev–Trinajstić information content (AvgIpc) is 2.86. The highest BCUT2D eigenvalue weighted by molar-refractivity contribution is 5.87. The lowest BCUT2D eigenvalue weighted by Gasteiger charge is -2.18. The number of carbonyl (C=O) groups is 3. The number of aromatic nitrogens is 1. The summed E-state index contributed by atoms with van der Waals surface area (Å²) in [7, 11) is 3.25. The lowest BCUT2D eigenvalue weighted by atomic mass is 10.0. The number of nitrogens with zero attached hydrogens (tertiary/aromatic N) is 3. The molecule has 35 heavy (non-hydrogen) atoms. The molecular weight excluding hydrogens is 444 g/mol. The highest BCUT2D eigenvalue weighted by Gasteiger charge is 2.18. The summed E-state index contributed by atoms with van der Waals surface area (Å²) in [5, 5.41) is 12.9. The van der Waals surface area contributed by atoms with E-state index in [1.807, 2.05) is 60.7 Å². The molecule has 3 rings (SSSR count). The number of nitrogens with one attached hydrogen (secondary N) is 1. The van der Waals surface area contributed by atoms with Gasteiger partial charge in [0.1, 0.15) is 6.04 Å². The second-order valence-corrected chi connectivity index (χ2v) is 8.21. The average molecular weight is 473 g/mol. The molecule has 0 aliphatic heterocycles. The monoisotopic (exact) mass is 472 g/mol. The molecular formula is C27H28N4O4. The fourth-order valence-electron chi connectivity index (χ4n) is 3.44. The number of likely N-dealkylation sites (N-methyl/N-ethyl adjacent to an activating group) is 1. The highest BCUT2D eigenvalue weighted by Crippen LogP contribution is 2.22. The fourth-order valence-corrected chi connectivity index (χ4v) is 3.44. The van der Waals surface area contributed by atoms with Crippen molar-refractivity contribution in [2.24, 2.45) is 0 Å². The Kier molecular flexibility index (Phi) is 8.72. The van der Waals surface area contributed by atoms with Crippen molar-refractivity contribution >= 4 is 24.0 Å². The molecule has 0 fully saturated rings. The lowest BCUT2D eigenvalue weighted by molar-refractivity contribution is -0.138. The molecule has 2 aromatic carbocycles. The molecule has 1 unspecified atom stereocenters. The third kappa shape index (κ3) is 7.53. The minimum absolute atomic E-state index is 0.230. The van der Waals surface area contributed by atoms with Crippen LogP contribution >= 0.6 is 0 Å². The molecule has 2 N–H and O–H groups in total. The van der Waals surface area contributed by atoms with Crippen LogP contribution in [-0.2, 0) is 27.3 Å². The summed E-state index contributed by atoms with van der Waals surface area (Å²) in [4.78, 5) is 42.2. The van der Waals surface area contributed by atoms with Crippen LogP contribution in [0.5, 0.6) is 0 Å². The van der Waals surface area contributed by atoms with Crippen LogP contribution in [0.3, 0.4) is 0 Å². The first-order chi connectivity index (χ1) is 16.9. The van der Waals surface area contributed by atoms with E-state index >= 15 is 0 Å². The smallest absolute Gasteiger partial charge is 0.326 e. The van der Waals surface area contributed by atoms with Gasteiger partial charge in [0, 0.05) is 57.3 Å². The number of anilines is 1. The number of rotatable bonds is 11. The first-order valence-electron chi connectivity index (χ1n) is 11.0. The van der Waals surface area contributed by atoms with Gasteiger partial charge in [0.2, 0.25) is 12.3 Å². The topological polar surface area (TPSA) is 103 Å². The number of amides is 2. The summed E-state index contributed by atoms with van der Waals surface area (Å²) < 4.78 is 0. The van der Waals surface area contributed by atoms with E-state index in [2.05, 4.69) is 10.3 Å². The maximum absolute atomic E-state index is 12.0. The van der Waals surface area contributed by atoms with E-state index in [9.17, 15) is 19.5 Å². The highest BCUT2D eigenvalue weighted by atomic mass is 16.4. The Labute approximate surface area is 204 Å². The molecule has 0 aliphatic rings.